The van der Waals surface area contributed by atoms with E-state index >= 15 is 0 Å². The Morgan fingerprint density at radius 1 is 0.929 bits per heavy atom. The Hall–Kier alpha value is -1.21. The summed E-state index contributed by atoms with van der Waals surface area (Å²) in [6.45, 7) is 12.2. The first kappa shape index (κ1) is 24.8. The second kappa shape index (κ2) is 13.9. The van der Waals surface area contributed by atoms with E-state index in [0.717, 1.165) is 36.8 Å². The van der Waals surface area contributed by atoms with Gasteiger partial charge in [-0.05, 0) is 30.7 Å². The van der Waals surface area contributed by atoms with Gasteiger partial charge in [0.1, 0.15) is 0 Å². The van der Waals surface area contributed by atoms with Crippen LogP contribution in [0.4, 0.5) is 0 Å². The van der Waals surface area contributed by atoms with Crippen molar-refractivity contribution in [2.24, 2.45) is 11.8 Å². The predicted octanol–water partition coefficient (Wildman–Crippen LogP) is 6.18. The lowest BCUT2D eigenvalue weighted by Gasteiger charge is -2.24. The van der Waals surface area contributed by atoms with Crippen LogP contribution < -0.4 is 5.30 Å². The number of rotatable bonds is 14. The zero-order valence-electron chi connectivity index (χ0n) is 18.7. The molecular weight excluding hydrogens is 365 g/mol. The van der Waals surface area contributed by atoms with Gasteiger partial charge in [0.2, 0.25) is 6.16 Å². The Balaban J connectivity index is 2.68. The van der Waals surface area contributed by atoms with Crippen LogP contribution in [0, 0.1) is 11.8 Å². The van der Waals surface area contributed by atoms with Gasteiger partial charge in [-0.3, -0.25) is 4.79 Å². The van der Waals surface area contributed by atoms with E-state index in [2.05, 4.69) is 40.7 Å². The first-order valence-electron chi connectivity index (χ1n) is 11.2. The van der Waals surface area contributed by atoms with Gasteiger partial charge in [0.15, 0.2) is 5.30 Å². The predicted molar refractivity (Wildman–Crippen MR) is 122 cm³/mol. The lowest BCUT2D eigenvalue weighted by atomic mass is 10.1. The van der Waals surface area contributed by atoms with Crippen LogP contribution in [0.3, 0.4) is 0 Å². The Morgan fingerprint density at radius 3 is 2.11 bits per heavy atom. The summed E-state index contributed by atoms with van der Waals surface area (Å²) in [5.41, 5.74) is 1.16. The van der Waals surface area contributed by atoms with Gasteiger partial charge in [0.05, 0.1) is 0 Å². The molecule has 1 rings (SSSR count). The van der Waals surface area contributed by atoms with Crippen LogP contribution in [0.15, 0.2) is 24.3 Å². The zero-order valence-corrected chi connectivity index (χ0v) is 19.6. The lowest BCUT2D eigenvalue weighted by molar-refractivity contribution is -0.129. The summed E-state index contributed by atoms with van der Waals surface area (Å²) in [5, 5.41) is 0.883. The topological polar surface area (TPSA) is 37.4 Å². The van der Waals surface area contributed by atoms with E-state index < -0.39 is 7.80 Å². The van der Waals surface area contributed by atoms with Gasteiger partial charge in [-0.25, -0.2) is 0 Å². The molecular formula is C24H41NO2P+. The number of hydrogen-bond acceptors (Lipinski definition) is 2. The van der Waals surface area contributed by atoms with Crippen molar-refractivity contribution in [3.8, 4) is 0 Å². The molecule has 0 N–H and O–H groups in total. The minimum absolute atomic E-state index is 0.0258. The highest BCUT2D eigenvalue weighted by Gasteiger charge is 2.30. The summed E-state index contributed by atoms with van der Waals surface area (Å²) in [4.78, 5) is 14.7. The van der Waals surface area contributed by atoms with Crippen LogP contribution in [0.2, 0.25) is 0 Å². The van der Waals surface area contributed by atoms with Crippen LogP contribution in [0.25, 0.3) is 0 Å². The average molecular weight is 407 g/mol. The van der Waals surface area contributed by atoms with Crippen LogP contribution in [0.5, 0.6) is 0 Å². The van der Waals surface area contributed by atoms with Gasteiger partial charge in [0.25, 0.3) is 5.91 Å². The summed E-state index contributed by atoms with van der Waals surface area (Å²) in [6.07, 6.45) is 8.60. The Bertz CT molecular complexity index is 588. The van der Waals surface area contributed by atoms with Gasteiger partial charge >= 0.3 is 7.80 Å². The molecule has 0 radical (unpaired) electrons. The molecule has 1 aromatic carbocycles. The van der Waals surface area contributed by atoms with Crippen molar-refractivity contribution in [3.63, 3.8) is 0 Å². The standard InChI is InChI=1S/C24H41NO2P/c1-6-7-8-9-10-11-14-22-15-12-13-16-23(22)28(27)19-24(26)25(17-20(2)3)18-21(4)5/h12-13,15-16,20-21H,6-11,14,17-19H2,1-5H3/q+1. The largest absolute Gasteiger partial charge is 0.387 e. The van der Waals surface area contributed by atoms with Crippen molar-refractivity contribution < 1.29 is 9.36 Å². The third kappa shape index (κ3) is 9.82. The average Bonchev–Trinajstić information content (AvgIpc) is 2.63. The minimum atomic E-state index is -1.69. The van der Waals surface area contributed by atoms with Crippen molar-refractivity contribution >= 4 is 19.0 Å². The van der Waals surface area contributed by atoms with Gasteiger partial charge in [-0.2, -0.15) is 0 Å². The molecule has 0 aliphatic carbocycles. The molecule has 0 bridgehead atoms. The molecule has 1 atom stereocenters. The first-order valence-corrected chi connectivity index (χ1v) is 12.6. The molecule has 1 unspecified atom stereocenters. The summed E-state index contributed by atoms with van der Waals surface area (Å²) in [6, 6.07) is 8.00. The van der Waals surface area contributed by atoms with E-state index in [-0.39, 0.29) is 12.1 Å². The quantitative estimate of drug-likeness (QED) is 0.273. The summed E-state index contributed by atoms with van der Waals surface area (Å²) in [7, 11) is -1.69. The highest BCUT2D eigenvalue weighted by Crippen LogP contribution is 2.24. The van der Waals surface area contributed by atoms with Crippen molar-refractivity contribution in [3.05, 3.63) is 29.8 Å². The number of carbonyl (C=O) groups excluding carboxylic acids is 1. The molecule has 158 valence electrons. The van der Waals surface area contributed by atoms with Crippen molar-refractivity contribution in [1.82, 2.24) is 4.90 Å². The monoisotopic (exact) mass is 406 g/mol. The molecule has 1 aromatic rings. The van der Waals surface area contributed by atoms with Gasteiger partial charge in [-0.1, -0.05) is 89.5 Å². The fraction of sp³-hybridized carbons (Fsp3) is 0.708. The maximum Gasteiger partial charge on any atom is 0.387 e. The smallest absolute Gasteiger partial charge is 0.338 e. The van der Waals surface area contributed by atoms with Crippen LogP contribution in [-0.2, 0) is 15.8 Å². The highest BCUT2D eigenvalue weighted by atomic mass is 31.1. The molecule has 0 aliphatic heterocycles. The first-order chi connectivity index (χ1) is 13.3. The number of carbonyl (C=O) groups is 1. The van der Waals surface area contributed by atoms with Crippen LogP contribution in [0.1, 0.15) is 78.7 Å². The second-order valence-electron chi connectivity index (χ2n) is 8.77. The van der Waals surface area contributed by atoms with E-state index in [0.29, 0.717) is 11.8 Å². The van der Waals surface area contributed by atoms with Crippen molar-refractivity contribution in [1.29, 1.82) is 0 Å². The lowest BCUT2D eigenvalue weighted by Crippen LogP contribution is -2.38. The number of hydrogen-bond donors (Lipinski definition) is 0. The molecule has 0 aliphatic rings. The molecule has 0 saturated carbocycles. The highest BCUT2D eigenvalue weighted by molar-refractivity contribution is 7.54. The molecule has 3 nitrogen and oxygen atoms in total. The van der Waals surface area contributed by atoms with E-state index in [9.17, 15) is 9.36 Å². The fourth-order valence-electron chi connectivity index (χ4n) is 3.53. The van der Waals surface area contributed by atoms with Crippen LogP contribution >= 0.6 is 7.80 Å². The van der Waals surface area contributed by atoms with Crippen molar-refractivity contribution in [2.75, 3.05) is 19.3 Å². The second-order valence-corrected chi connectivity index (χ2v) is 10.3. The van der Waals surface area contributed by atoms with E-state index in [1.165, 1.54) is 32.1 Å². The van der Waals surface area contributed by atoms with Gasteiger partial charge < -0.3 is 4.90 Å². The third-order valence-electron chi connectivity index (χ3n) is 4.86. The van der Waals surface area contributed by atoms with E-state index in [4.69, 9.17) is 0 Å². The fourth-order valence-corrected chi connectivity index (χ4v) is 4.90. The number of nitrogens with zero attached hydrogens (tertiary/aromatic N) is 1. The van der Waals surface area contributed by atoms with Crippen molar-refractivity contribution in [2.45, 2.75) is 79.6 Å². The summed E-state index contributed by atoms with van der Waals surface area (Å²) >= 11 is 0. The molecule has 0 aromatic heterocycles. The normalized spacial score (nSPS) is 11.9. The number of benzene rings is 1. The number of amides is 1. The zero-order chi connectivity index (χ0) is 20.9. The van der Waals surface area contributed by atoms with E-state index in [1.807, 2.05) is 23.1 Å². The number of unbranched alkanes of at least 4 members (excludes halogenated alkanes) is 5. The SMILES string of the molecule is CCCCCCCCc1ccccc1[P+](=O)CC(=O)N(CC(C)C)CC(C)C. The maximum absolute atomic E-state index is 13.0. The molecule has 28 heavy (non-hydrogen) atoms. The molecule has 0 spiro atoms. The Kier molecular flexibility index (Phi) is 12.3. The number of aryl methyl sites for hydroxylation is 1. The maximum atomic E-state index is 13.0. The van der Waals surface area contributed by atoms with Crippen LogP contribution in [-0.4, -0.2) is 30.1 Å². The Labute approximate surface area is 174 Å². The molecule has 0 heterocycles. The molecule has 0 fully saturated rings. The summed E-state index contributed by atoms with van der Waals surface area (Å²) in [5.74, 6) is 0.860. The minimum Gasteiger partial charge on any atom is -0.338 e. The molecule has 4 heteroatoms. The van der Waals surface area contributed by atoms with Gasteiger partial charge in [-0.15, -0.1) is 0 Å². The Morgan fingerprint density at radius 2 is 1.50 bits per heavy atom. The molecule has 0 saturated heterocycles. The molecule has 1 amide bonds. The third-order valence-corrected chi connectivity index (χ3v) is 6.39. The van der Waals surface area contributed by atoms with Gasteiger partial charge in [0, 0.05) is 18.7 Å². The van der Waals surface area contributed by atoms with E-state index in [1.54, 1.807) is 0 Å². The summed E-state index contributed by atoms with van der Waals surface area (Å²) < 4.78 is 13.0.